The normalized spacial score (nSPS) is 15.5. The fourth-order valence-electron chi connectivity index (χ4n) is 2.61. The van der Waals surface area contributed by atoms with E-state index in [0.717, 1.165) is 17.1 Å². The topological polar surface area (TPSA) is 47.3 Å². The molecule has 1 aliphatic rings. The molecule has 1 atom stereocenters. The molecule has 0 amide bonds. The van der Waals surface area contributed by atoms with Crippen molar-refractivity contribution in [2.24, 2.45) is 5.84 Å². The summed E-state index contributed by atoms with van der Waals surface area (Å²) in [6.07, 6.45) is 1.18. The maximum atomic E-state index is 5.83. The van der Waals surface area contributed by atoms with Crippen LogP contribution in [0.2, 0.25) is 0 Å². The summed E-state index contributed by atoms with van der Waals surface area (Å²) in [5, 5.41) is 0. The zero-order valence-corrected chi connectivity index (χ0v) is 13.7. The van der Waals surface area contributed by atoms with Crippen molar-refractivity contribution in [1.82, 2.24) is 5.43 Å². The Bertz CT molecular complexity index is 589. The van der Waals surface area contributed by atoms with E-state index in [1.165, 1.54) is 27.5 Å². The van der Waals surface area contributed by atoms with E-state index in [1.54, 1.807) is 0 Å². The van der Waals surface area contributed by atoms with Crippen LogP contribution in [-0.2, 0) is 12.2 Å². The lowest BCUT2D eigenvalue weighted by atomic mass is 10.0. The predicted octanol–water partition coefficient (Wildman–Crippen LogP) is 3.49. The van der Waals surface area contributed by atoms with Gasteiger partial charge in [0.15, 0.2) is 0 Å². The van der Waals surface area contributed by atoms with E-state index < -0.39 is 0 Å². The summed E-state index contributed by atoms with van der Waals surface area (Å²) in [7, 11) is 0. The van der Waals surface area contributed by atoms with Gasteiger partial charge >= 0.3 is 0 Å². The fourth-order valence-corrected chi connectivity index (χ4v) is 5.07. The third-order valence-electron chi connectivity index (χ3n) is 3.60. The zero-order valence-electron chi connectivity index (χ0n) is 12.1. The van der Waals surface area contributed by atoms with Crippen molar-refractivity contribution in [3.8, 4) is 5.75 Å². The lowest BCUT2D eigenvalue weighted by Gasteiger charge is -2.16. The van der Waals surface area contributed by atoms with Gasteiger partial charge in [0.25, 0.3) is 0 Å². The Morgan fingerprint density at radius 2 is 2.29 bits per heavy atom. The largest absolute Gasteiger partial charge is 0.494 e. The maximum Gasteiger partial charge on any atom is 0.119 e. The minimum absolute atomic E-state index is 0.0333. The summed E-state index contributed by atoms with van der Waals surface area (Å²) < 4.78 is 5.59. The molecule has 0 fully saturated rings. The summed E-state index contributed by atoms with van der Waals surface area (Å²) in [5.74, 6) is 9.08. The molecule has 5 heteroatoms. The number of nitrogens with two attached hydrogens (primary N) is 1. The van der Waals surface area contributed by atoms with E-state index in [9.17, 15) is 0 Å². The van der Waals surface area contributed by atoms with Crippen molar-refractivity contribution in [2.75, 3.05) is 12.4 Å². The molecular formula is C16H20N2OS2. The Kier molecular flexibility index (Phi) is 4.85. The van der Waals surface area contributed by atoms with Gasteiger partial charge in [-0.15, -0.1) is 11.3 Å². The number of benzene rings is 1. The second kappa shape index (κ2) is 6.83. The number of ether oxygens (including phenoxy) is 1. The van der Waals surface area contributed by atoms with E-state index in [2.05, 4.69) is 23.6 Å². The van der Waals surface area contributed by atoms with Crippen LogP contribution in [0.25, 0.3) is 0 Å². The number of aryl methyl sites for hydroxylation is 1. The molecule has 1 aromatic heterocycles. The summed E-state index contributed by atoms with van der Waals surface area (Å²) in [6.45, 7) is 2.67. The van der Waals surface area contributed by atoms with Crippen molar-refractivity contribution in [2.45, 2.75) is 25.1 Å². The van der Waals surface area contributed by atoms with E-state index >= 15 is 0 Å². The summed E-state index contributed by atoms with van der Waals surface area (Å²) >= 11 is 3.90. The first-order valence-corrected chi connectivity index (χ1v) is 9.17. The van der Waals surface area contributed by atoms with Crippen LogP contribution in [0.5, 0.6) is 5.75 Å². The fraction of sp³-hybridized carbons (Fsp3) is 0.375. The number of rotatable bonds is 5. The molecule has 3 nitrogen and oxygen atoms in total. The SMILES string of the molecule is CCOc1cccc(C(NN)c2cc3c(s2)CCSC3)c1. The van der Waals surface area contributed by atoms with Crippen molar-refractivity contribution >= 4 is 23.1 Å². The predicted molar refractivity (Wildman–Crippen MR) is 91.0 cm³/mol. The first-order chi connectivity index (χ1) is 10.3. The van der Waals surface area contributed by atoms with Crippen molar-refractivity contribution in [1.29, 1.82) is 0 Å². The van der Waals surface area contributed by atoms with Crippen LogP contribution in [0.1, 0.15) is 33.8 Å². The summed E-state index contributed by atoms with van der Waals surface area (Å²) in [6, 6.07) is 10.5. The van der Waals surface area contributed by atoms with E-state index in [4.69, 9.17) is 10.6 Å². The highest BCUT2D eigenvalue weighted by molar-refractivity contribution is 7.98. The average molecular weight is 320 g/mol. The third-order valence-corrected chi connectivity index (χ3v) is 5.91. The van der Waals surface area contributed by atoms with Crippen LogP contribution in [0, 0.1) is 0 Å². The molecule has 0 radical (unpaired) electrons. The number of hydrazine groups is 1. The Hall–Kier alpha value is -1.01. The highest BCUT2D eigenvalue weighted by atomic mass is 32.2. The Labute approximate surface area is 133 Å². The molecule has 2 heterocycles. The molecule has 1 aromatic carbocycles. The molecule has 21 heavy (non-hydrogen) atoms. The van der Waals surface area contributed by atoms with Gasteiger partial charge in [0.05, 0.1) is 12.6 Å². The van der Waals surface area contributed by atoms with Gasteiger partial charge in [0.2, 0.25) is 0 Å². The van der Waals surface area contributed by atoms with E-state index in [-0.39, 0.29) is 6.04 Å². The lowest BCUT2D eigenvalue weighted by Crippen LogP contribution is -2.28. The minimum atomic E-state index is 0.0333. The molecule has 0 saturated carbocycles. The molecule has 3 rings (SSSR count). The Balaban J connectivity index is 1.90. The molecular weight excluding hydrogens is 300 g/mol. The third kappa shape index (κ3) is 3.26. The standard InChI is InChI=1S/C16H20N2OS2/c1-2-19-13-5-3-4-11(8-13)16(18-17)15-9-12-10-20-7-6-14(12)21-15/h3-5,8-9,16,18H,2,6-7,10,17H2,1H3. The Morgan fingerprint density at radius 1 is 1.38 bits per heavy atom. The number of hydrogen-bond donors (Lipinski definition) is 2. The molecule has 1 aliphatic heterocycles. The van der Waals surface area contributed by atoms with Crippen molar-refractivity contribution in [3.05, 3.63) is 51.2 Å². The van der Waals surface area contributed by atoms with E-state index in [1.807, 2.05) is 42.2 Å². The van der Waals surface area contributed by atoms with Gasteiger partial charge in [-0.3, -0.25) is 5.84 Å². The van der Waals surface area contributed by atoms with Gasteiger partial charge in [-0.25, -0.2) is 5.43 Å². The maximum absolute atomic E-state index is 5.83. The van der Waals surface area contributed by atoms with Crippen LogP contribution in [0.3, 0.4) is 0 Å². The molecule has 3 N–H and O–H groups in total. The monoisotopic (exact) mass is 320 g/mol. The van der Waals surface area contributed by atoms with Gasteiger partial charge in [-0.2, -0.15) is 11.8 Å². The number of thioether (sulfide) groups is 1. The highest BCUT2D eigenvalue weighted by Crippen LogP contribution is 2.36. The van der Waals surface area contributed by atoms with Crippen LogP contribution in [0.15, 0.2) is 30.3 Å². The van der Waals surface area contributed by atoms with Crippen molar-refractivity contribution < 1.29 is 4.74 Å². The molecule has 1 unspecified atom stereocenters. The van der Waals surface area contributed by atoms with Crippen LogP contribution in [-0.4, -0.2) is 12.4 Å². The average Bonchev–Trinajstić information content (AvgIpc) is 2.92. The van der Waals surface area contributed by atoms with Gasteiger partial charge in [0, 0.05) is 15.5 Å². The number of nitrogens with one attached hydrogen (secondary N) is 1. The second-order valence-corrected chi connectivity index (χ2v) is 7.28. The summed E-state index contributed by atoms with van der Waals surface area (Å²) in [5.41, 5.74) is 5.59. The minimum Gasteiger partial charge on any atom is -0.494 e. The molecule has 0 saturated heterocycles. The second-order valence-electron chi connectivity index (χ2n) is 5.00. The molecule has 2 aromatic rings. The highest BCUT2D eigenvalue weighted by Gasteiger charge is 2.20. The van der Waals surface area contributed by atoms with Crippen molar-refractivity contribution in [3.63, 3.8) is 0 Å². The number of hydrogen-bond acceptors (Lipinski definition) is 5. The lowest BCUT2D eigenvalue weighted by molar-refractivity contribution is 0.339. The quantitative estimate of drug-likeness (QED) is 0.654. The van der Waals surface area contributed by atoms with Crippen LogP contribution >= 0.6 is 23.1 Å². The van der Waals surface area contributed by atoms with E-state index in [0.29, 0.717) is 6.61 Å². The Morgan fingerprint density at radius 3 is 3.05 bits per heavy atom. The van der Waals surface area contributed by atoms with Crippen LogP contribution < -0.4 is 16.0 Å². The molecule has 0 spiro atoms. The zero-order chi connectivity index (χ0) is 14.7. The van der Waals surface area contributed by atoms with Gasteiger partial charge in [-0.1, -0.05) is 12.1 Å². The van der Waals surface area contributed by atoms with Crippen LogP contribution in [0.4, 0.5) is 0 Å². The first-order valence-electron chi connectivity index (χ1n) is 7.20. The molecule has 112 valence electrons. The molecule has 0 bridgehead atoms. The summed E-state index contributed by atoms with van der Waals surface area (Å²) in [4.78, 5) is 2.81. The number of thiophene rings is 1. The van der Waals surface area contributed by atoms with Gasteiger partial charge in [-0.05, 0) is 48.4 Å². The molecule has 0 aliphatic carbocycles. The smallest absolute Gasteiger partial charge is 0.119 e. The van der Waals surface area contributed by atoms with Gasteiger partial charge in [0.1, 0.15) is 5.75 Å². The number of fused-ring (bicyclic) bond motifs is 1. The van der Waals surface area contributed by atoms with Gasteiger partial charge < -0.3 is 4.74 Å². The first kappa shape index (κ1) is 14.9.